The molecule has 118 valence electrons. The highest BCUT2D eigenvalue weighted by Gasteiger charge is 2.23. The van der Waals surface area contributed by atoms with E-state index in [4.69, 9.17) is 9.88 Å². The molecule has 6 heteroatoms. The van der Waals surface area contributed by atoms with Crippen LogP contribution >= 0.6 is 0 Å². The predicted octanol–water partition coefficient (Wildman–Crippen LogP) is 1.42. The van der Waals surface area contributed by atoms with Crippen LogP contribution in [0.2, 0.25) is 0 Å². The Morgan fingerprint density at radius 3 is 2.29 bits per heavy atom. The summed E-state index contributed by atoms with van der Waals surface area (Å²) >= 11 is 0. The van der Waals surface area contributed by atoms with Gasteiger partial charge in [0.2, 0.25) is 10.0 Å². The topological polar surface area (TPSA) is 81.4 Å². The average molecular weight is 312 g/mol. The van der Waals surface area contributed by atoms with Crippen LogP contribution < -0.4 is 10.5 Å². The summed E-state index contributed by atoms with van der Waals surface area (Å²) in [5.41, 5.74) is 1.10. The van der Waals surface area contributed by atoms with Gasteiger partial charge in [0.15, 0.2) is 0 Å². The molecule has 1 aliphatic heterocycles. The molecule has 1 heterocycles. The Hall–Kier alpha value is -0.950. The van der Waals surface area contributed by atoms with Crippen molar-refractivity contribution in [2.75, 3.05) is 6.54 Å². The summed E-state index contributed by atoms with van der Waals surface area (Å²) in [7, 11) is -3.60. The zero-order chi connectivity index (χ0) is 15.5. The summed E-state index contributed by atoms with van der Waals surface area (Å²) in [6.45, 7) is 5.09. The normalized spacial score (nSPS) is 26.7. The fraction of sp³-hybridized carbons (Fsp3) is 0.600. The number of hydrogen-bond donors (Lipinski definition) is 2. The maximum absolute atomic E-state index is 11.2. The maximum atomic E-state index is 11.2. The molecule has 2 atom stereocenters. The van der Waals surface area contributed by atoms with Crippen molar-refractivity contribution in [3.8, 4) is 0 Å². The number of hydrogen-bond acceptors (Lipinski definition) is 4. The van der Waals surface area contributed by atoms with Gasteiger partial charge in [0.25, 0.3) is 0 Å². The van der Waals surface area contributed by atoms with Crippen molar-refractivity contribution in [1.29, 1.82) is 0 Å². The molecule has 0 aromatic heterocycles. The number of nitrogens with one attached hydrogen (secondary N) is 1. The minimum Gasteiger partial charge on any atom is -0.375 e. The van der Waals surface area contributed by atoms with Gasteiger partial charge in [-0.15, -0.1) is 0 Å². The number of ether oxygens (including phenoxy) is 1. The molecule has 0 aliphatic carbocycles. The maximum Gasteiger partial charge on any atom is 0.238 e. The number of benzene rings is 1. The summed E-state index contributed by atoms with van der Waals surface area (Å²) in [5, 5.41) is 8.63. The zero-order valence-electron chi connectivity index (χ0n) is 12.6. The van der Waals surface area contributed by atoms with E-state index in [1.54, 1.807) is 12.1 Å². The molecule has 0 amide bonds. The van der Waals surface area contributed by atoms with Crippen molar-refractivity contribution in [1.82, 2.24) is 5.32 Å². The van der Waals surface area contributed by atoms with Crippen LogP contribution in [0.4, 0.5) is 0 Å². The monoisotopic (exact) mass is 312 g/mol. The molecular weight excluding hydrogens is 288 g/mol. The molecule has 0 spiro atoms. The quantitative estimate of drug-likeness (QED) is 0.861. The second-order valence-corrected chi connectivity index (χ2v) is 7.38. The first-order valence-electron chi connectivity index (χ1n) is 7.35. The third-order valence-electron chi connectivity index (χ3n) is 3.80. The van der Waals surface area contributed by atoms with Crippen molar-refractivity contribution in [2.24, 2.45) is 5.14 Å². The van der Waals surface area contributed by atoms with Gasteiger partial charge in [-0.1, -0.05) is 12.1 Å². The van der Waals surface area contributed by atoms with E-state index in [0.29, 0.717) is 18.2 Å². The molecule has 5 nitrogen and oxygen atoms in total. The van der Waals surface area contributed by atoms with Gasteiger partial charge in [-0.3, -0.25) is 0 Å². The van der Waals surface area contributed by atoms with Crippen LogP contribution in [0.15, 0.2) is 29.2 Å². The van der Waals surface area contributed by atoms with E-state index in [1.807, 2.05) is 12.1 Å². The minimum atomic E-state index is -3.60. The molecule has 1 saturated heterocycles. The fourth-order valence-corrected chi connectivity index (χ4v) is 3.35. The Morgan fingerprint density at radius 1 is 1.19 bits per heavy atom. The van der Waals surface area contributed by atoms with Crippen LogP contribution in [-0.2, 0) is 21.2 Å². The summed E-state index contributed by atoms with van der Waals surface area (Å²) < 4.78 is 28.1. The van der Waals surface area contributed by atoms with Gasteiger partial charge in [0, 0.05) is 6.04 Å². The molecule has 0 bridgehead atoms. The average Bonchev–Trinajstić information content (AvgIpc) is 2.37. The predicted molar refractivity (Wildman–Crippen MR) is 82.6 cm³/mol. The third kappa shape index (κ3) is 5.07. The van der Waals surface area contributed by atoms with Gasteiger partial charge in [-0.2, -0.15) is 0 Å². The molecule has 1 aromatic carbocycles. The number of rotatable bonds is 5. The van der Waals surface area contributed by atoms with Crippen molar-refractivity contribution < 1.29 is 13.2 Å². The summed E-state index contributed by atoms with van der Waals surface area (Å²) in [6.07, 6.45) is 3.55. The molecule has 3 N–H and O–H groups in total. The largest absolute Gasteiger partial charge is 0.375 e. The lowest BCUT2D eigenvalue weighted by molar-refractivity contribution is -0.0419. The van der Waals surface area contributed by atoms with Crippen molar-refractivity contribution in [3.05, 3.63) is 29.8 Å². The molecular formula is C15H24N2O3S. The lowest BCUT2D eigenvalue weighted by Crippen LogP contribution is -2.41. The Labute approximate surface area is 126 Å². The van der Waals surface area contributed by atoms with Crippen molar-refractivity contribution >= 4 is 10.0 Å². The van der Waals surface area contributed by atoms with Crippen LogP contribution in [0.25, 0.3) is 0 Å². The molecule has 1 fully saturated rings. The van der Waals surface area contributed by atoms with Crippen LogP contribution in [-0.4, -0.2) is 33.2 Å². The standard InChI is InChI=1S/C15H24N2O3S/c1-11-9-14(10-12(2)20-11)17-8-7-13-3-5-15(6-4-13)21(16,18)19/h3-6,11-12,14,17H,7-10H2,1-2H3,(H2,16,18,19). The van der Waals surface area contributed by atoms with E-state index < -0.39 is 10.0 Å². The fourth-order valence-electron chi connectivity index (χ4n) is 2.84. The molecule has 21 heavy (non-hydrogen) atoms. The Kier molecular flexibility index (Phi) is 5.37. The van der Waals surface area contributed by atoms with Crippen LogP contribution in [0.1, 0.15) is 32.3 Å². The SMILES string of the molecule is CC1CC(NCCc2ccc(S(N)(=O)=O)cc2)CC(C)O1. The first-order valence-corrected chi connectivity index (χ1v) is 8.90. The Morgan fingerprint density at radius 2 is 1.76 bits per heavy atom. The lowest BCUT2D eigenvalue weighted by atomic mass is 9.99. The third-order valence-corrected chi connectivity index (χ3v) is 4.73. The zero-order valence-corrected chi connectivity index (χ0v) is 13.4. The van der Waals surface area contributed by atoms with E-state index in [-0.39, 0.29) is 4.90 Å². The first kappa shape index (κ1) is 16.4. The highest BCUT2D eigenvalue weighted by Crippen LogP contribution is 2.19. The van der Waals surface area contributed by atoms with E-state index >= 15 is 0 Å². The second kappa shape index (κ2) is 6.87. The number of sulfonamides is 1. The molecule has 1 aliphatic rings. The summed E-state index contributed by atoms with van der Waals surface area (Å²) in [4.78, 5) is 0.159. The molecule has 0 saturated carbocycles. The number of primary sulfonamides is 1. The van der Waals surface area contributed by atoms with Crippen LogP contribution in [0.5, 0.6) is 0 Å². The second-order valence-electron chi connectivity index (χ2n) is 5.82. The van der Waals surface area contributed by atoms with E-state index in [0.717, 1.165) is 31.4 Å². The van der Waals surface area contributed by atoms with E-state index in [2.05, 4.69) is 19.2 Å². The lowest BCUT2D eigenvalue weighted by Gasteiger charge is -2.32. The van der Waals surface area contributed by atoms with Gasteiger partial charge in [0.05, 0.1) is 17.1 Å². The Balaban J connectivity index is 1.81. The van der Waals surface area contributed by atoms with E-state index in [9.17, 15) is 8.42 Å². The van der Waals surface area contributed by atoms with Gasteiger partial charge >= 0.3 is 0 Å². The summed E-state index contributed by atoms with van der Waals surface area (Å²) in [5.74, 6) is 0. The van der Waals surface area contributed by atoms with Crippen LogP contribution in [0.3, 0.4) is 0 Å². The minimum absolute atomic E-state index is 0.159. The highest BCUT2D eigenvalue weighted by atomic mass is 32.2. The van der Waals surface area contributed by atoms with E-state index in [1.165, 1.54) is 0 Å². The molecule has 2 unspecified atom stereocenters. The smallest absolute Gasteiger partial charge is 0.238 e. The van der Waals surface area contributed by atoms with Crippen molar-refractivity contribution in [2.45, 2.75) is 56.3 Å². The van der Waals surface area contributed by atoms with Gasteiger partial charge in [0.1, 0.15) is 0 Å². The van der Waals surface area contributed by atoms with Crippen molar-refractivity contribution in [3.63, 3.8) is 0 Å². The number of nitrogens with two attached hydrogens (primary N) is 1. The highest BCUT2D eigenvalue weighted by molar-refractivity contribution is 7.89. The van der Waals surface area contributed by atoms with Gasteiger partial charge in [-0.05, 0) is 57.4 Å². The first-order chi connectivity index (χ1) is 9.84. The summed E-state index contributed by atoms with van der Waals surface area (Å²) in [6, 6.07) is 7.24. The van der Waals surface area contributed by atoms with Crippen LogP contribution in [0, 0.1) is 0 Å². The molecule has 1 aromatic rings. The molecule has 2 rings (SSSR count). The van der Waals surface area contributed by atoms with Gasteiger partial charge < -0.3 is 10.1 Å². The molecule has 0 radical (unpaired) electrons. The Bertz CT molecular complexity index is 547. The van der Waals surface area contributed by atoms with Gasteiger partial charge in [-0.25, -0.2) is 13.6 Å².